The molecule has 53 heavy (non-hydrogen) atoms. The van der Waals surface area contributed by atoms with Crippen LogP contribution < -0.4 is 4.90 Å². The maximum absolute atomic E-state index is 2.39. The lowest BCUT2D eigenvalue weighted by Gasteiger charge is -2.28. The van der Waals surface area contributed by atoms with Gasteiger partial charge in [0.2, 0.25) is 0 Å². The van der Waals surface area contributed by atoms with E-state index in [0.717, 1.165) is 17.1 Å². The molecular weight excluding hydrogens is 639 g/mol. The summed E-state index contributed by atoms with van der Waals surface area (Å²) in [4.78, 5) is 2.39. The first-order valence-corrected chi connectivity index (χ1v) is 18.3. The van der Waals surface area contributed by atoms with E-state index in [1.165, 1.54) is 76.5 Å². The van der Waals surface area contributed by atoms with Gasteiger partial charge in [-0.05, 0) is 101 Å². The first-order chi connectivity index (χ1) is 26.3. The predicted molar refractivity (Wildman–Crippen MR) is 227 cm³/mol. The fourth-order valence-electron chi connectivity index (χ4n) is 8.13. The van der Waals surface area contributed by atoms with E-state index in [0.29, 0.717) is 0 Å². The minimum atomic E-state index is 1.10. The van der Waals surface area contributed by atoms with Crippen molar-refractivity contribution in [2.45, 2.75) is 0 Å². The summed E-state index contributed by atoms with van der Waals surface area (Å²) < 4.78 is 0. The molecular formula is C52H35N. The fourth-order valence-corrected chi connectivity index (χ4v) is 8.13. The van der Waals surface area contributed by atoms with Gasteiger partial charge in [-0.25, -0.2) is 0 Å². The van der Waals surface area contributed by atoms with Gasteiger partial charge in [0, 0.05) is 16.9 Å². The highest BCUT2D eigenvalue weighted by atomic mass is 15.1. The van der Waals surface area contributed by atoms with Crippen molar-refractivity contribution in [3.63, 3.8) is 0 Å². The summed E-state index contributed by atoms with van der Waals surface area (Å²) in [6, 6.07) is 77.2. The van der Waals surface area contributed by atoms with Crippen molar-refractivity contribution in [2.24, 2.45) is 0 Å². The third-order valence-electron chi connectivity index (χ3n) is 10.7. The van der Waals surface area contributed by atoms with Gasteiger partial charge in [0.25, 0.3) is 0 Å². The molecule has 0 bridgehead atoms. The van der Waals surface area contributed by atoms with Gasteiger partial charge in [-0.3, -0.25) is 0 Å². The summed E-state index contributed by atoms with van der Waals surface area (Å²) in [5, 5.41) is 10.2. The second-order valence-electron chi connectivity index (χ2n) is 13.7. The SMILES string of the molecule is c1ccc(-c2ccccc2N(c2ccc(-c3cccc4ccccc34)cc2)c2ccc(-c3cccc4ccc5c6ccccc6ccc5c34)cc2)cc1. The second kappa shape index (κ2) is 13.0. The minimum Gasteiger partial charge on any atom is -0.310 e. The van der Waals surface area contributed by atoms with E-state index in [-0.39, 0.29) is 0 Å². The van der Waals surface area contributed by atoms with Gasteiger partial charge in [-0.15, -0.1) is 0 Å². The molecule has 0 heterocycles. The third-order valence-corrected chi connectivity index (χ3v) is 10.7. The molecule has 0 aliphatic rings. The summed E-state index contributed by atoms with van der Waals surface area (Å²) in [5.74, 6) is 0. The summed E-state index contributed by atoms with van der Waals surface area (Å²) in [6.07, 6.45) is 0. The molecule has 10 aromatic carbocycles. The summed E-state index contributed by atoms with van der Waals surface area (Å²) in [7, 11) is 0. The smallest absolute Gasteiger partial charge is 0.0540 e. The van der Waals surface area contributed by atoms with Crippen molar-refractivity contribution >= 4 is 60.2 Å². The molecule has 0 aliphatic heterocycles. The Morgan fingerprint density at radius 3 is 1.49 bits per heavy atom. The van der Waals surface area contributed by atoms with Crippen LogP contribution in [0.4, 0.5) is 17.1 Å². The van der Waals surface area contributed by atoms with Crippen LogP contribution >= 0.6 is 0 Å². The predicted octanol–water partition coefficient (Wildman–Crippen LogP) is 14.8. The van der Waals surface area contributed by atoms with Gasteiger partial charge >= 0.3 is 0 Å². The first kappa shape index (κ1) is 30.8. The molecule has 0 unspecified atom stereocenters. The van der Waals surface area contributed by atoms with E-state index in [4.69, 9.17) is 0 Å². The molecule has 0 spiro atoms. The van der Waals surface area contributed by atoms with Gasteiger partial charge in [-0.2, -0.15) is 0 Å². The van der Waals surface area contributed by atoms with E-state index in [2.05, 4.69) is 217 Å². The lowest BCUT2D eigenvalue weighted by atomic mass is 9.91. The molecule has 0 N–H and O–H groups in total. The minimum absolute atomic E-state index is 1.10. The zero-order chi connectivity index (χ0) is 35.1. The van der Waals surface area contributed by atoms with E-state index in [1.54, 1.807) is 0 Å². The van der Waals surface area contributed by atoms with E-state index in [1.807, 2.05) is 0 Å². The monoisotopic (exact) mass is 673 g/mol. The van der Waals surface area contributed by atoms with Gasteiger partial charge in [0.05, 0.1) is 5.69 Å². The topological polar surface area (TPSA) is 3.24 Å². The van der Waals surface area contributed by atoms with Crippen molar-refractivity contribution in [3.8, 4) is 33.4 Å². The van der Waals surface area contributed by atoms with E-state index < -0.39 is 0 Å². The van der Waals surface area contributed by atoms with Crippen LogP contribution in [-0.4, -0.2) is 0 Å². The Kier molecular flexibility index (Phi) is 7.55. The molecule has 0 radical (unpaired) electrons. The van der Waals surface area contributed by atoms with Crippen LogP contribution in [0.25, 0.3) is 76.5 Å². The van der Waals surface area contributed by atoms with Crippen molar-refractivity contribution in [1.29, 1.82) is 0 Å². The third kappa shape index (κ3) is 5.42. The van der Waals surface area contributed by atoms with Gasteiger partial charge in [-0.1, -0.05) is 182 Å². The largest absolute Gasteiger partial charge is 0.310 e. The maximum atomic E-state index is 2.39. The first-order valence-electron chi connectivity index (χ1n) is 18.3. The van der Waals surface area contributed by atoms with Crippen LogP contribution in [0.3, 0.4) is 0 Å². The Morgan fingerprint density at radius 2 is 0.736 bits per heavy atom. The quantitative estimate of drug-likeness (QED) is 0.159. The van der Waals surface area contributed by atoms with Gasteiger partial charge in [0.15, 0.2) is 0 Å². The maximum Gasteiger partial charge on any atom is 0.0540 e. The van der Waals surface area contributed by atoms with Crippen LogP contribution in [0.1, 0.15) is 0 Å². The second-order valence-corrected chi connectivity index (χ2v) is 13.7. The fraction of sp³-hybridized carbons (Fsp3) is 0. The lowest BCUT2D eigenvalue weighted by molar-refractivity contribution is 1.28. The Hall–Kier alpha value is -6.96. The average Bonchev–Trinajstić information content (AvgIpc) is 3.24. The number of anilines is 3. The molecule has 10 rings (SSSR count). The summed E-state index contributed by atoms with van der Waals surface area (Å²) >= 11 is 0. The molecule has 0 aliphatic carbocycles. The number of rotatable bonds is 6. The zero-order valence-corrected chi connectivity index (χ0v) is 29.2. The Balaban J connectivity index is 1.11. The molecule has 0 atom stereocenters. The van der Waals surface area contributed by atoms with E-state index in [9.17, 15) is 0 Å². The molecule has 0 amide bonds. The van der Waals surface area contributed by atoms with Gasteiger partial charge < -0.3 is 4.90 Å². The number of fused-ring (bicyclic) bond motifs is 6. The zero-order valence-electron chi connectivity index (χ0n) is 29.2. The van der Waals surface area contributed by atoms with Crippen LogP contribution in [0.2, 0.25) is 0 Å². The molecule has 0 aromatic heterocycles. The Morgan fingerprint density at radius 1 is 0.245 bits per heavy atom. The molecule has 0 saturated carbocycles. The van der Waals surface area contributed by atoms with Crippen LogP contribution in [0, 0.1) is 0 Å². The van der Waals surface area contributed by atoms with Crippen LogP contribution in [0.15, 0.2) is 212 Å². The van der Waals surface area contributed by atoms with Crippen molar-refractivity contribution in [3.05, 3.63) is 212 Å². The van der Waals surface area contributed by atoms with Crippen LogP contribution in [0.5, 0.6) is 0 Å². The number of hydrogen-bond acceptors (Lipinski definition) is 1. The normalized spacial score (nSPS) is 11.4. The number of para-hydroxylation sites is 1. The van der Waals surface area contributed by atoms with Crippen molar-refractivity contribution in [1.82, 2.24) is 0 Å². The summed E-state index contributed by atoms with van der Waals surface area (Å²) in [5.41, 5.74) is 10.6. The standard InChI is InChI=1S/C52H35N/c1-2-12-37(13-3-1)47-20-8-9-23-51(47)53(42-30-24-39(25-31-42)45-21-10-16-36-14-4-6-18-44(36)45)43-32-26-40(27-33-43)48-22-11-17-41-29-34-49-46-19-7-5-15-38(46)28-35-50(49)52(41)48/h1-35H. The molecule has 10 aromatic rings. The highest BCUT2D eigenvalue weighted by Gasteiger charge is 2.18. The van der Waals surface area contributed by atoms with E-state index >= 15 is 0 Å². The molecule has 0 saturated heterocycles. The van der Waals surface area contributed by atoms with Crippen LogP contribution in [-0.2, 0) is 0 Å². The molecule has 0 fully saturated rings. The van der Waals surface area contributed by atoms with Crippen molar-refractivity contribution < 1.29 is 0 Å². The Bertz CT molecular complexity index is 2920. The number of nitrogens with zero attached hydrogens (tertiary/aromatic N) is 1. The highest BCUT2D eigenvalue weighted by Crippen LogP contribution is 2.43. The highest BCUT2D eigenvalue weighted by molar-refractivity contribution is 6.21. The summed E-state index contributed by atoms with van der Waals surface area (Å²) in [6.45, 7) is 0. The Labute approximate surface area is 309 Å². The molecule has 1 nitrogen and oxygen atoms in total. The number of benzene rings is 10. The molecule has 1 heteroatoms. The average molecular weight is 674 g/mol. The number of hydrogen-bond donors (Lipinski definition) is 0. The van der Waals surface area contributed by atoms with Crippen molar-refractivity contribution in [2.75, 3.05) is 4.90 Å². The van der Waals surface area contributed by atoms with Gasteiger partial charge in [0.1, 0.15) is 0 Å². The molecule has 248 valence electrons. The lowest BCUT2D eigenvalue weighted by Crippen LogP contribution is -2.11.